The fourth-order valence-electron chi connectivity index (χ4n) is 1.78. The van der Waals surface area contributed by atoms with Gasteiger partial charge in [0.2, 0.25) is 10.0 Å². The molecule has 0 aliphatic carbocycles. The number of sulfonamides is 1. The van der Waals surface area contributed by atoms with Crippen LogP contribution in [-0.2, 0) is 21.3 Å². The fraction of sp³-hybridized carbons (Fsp3) is 0.538. The van der Waals surface area contributed by atoms with Gasteiger partial charge in [-0.15, -0.1) is 0 Å². The van der Waals surface area contributed by atoms with Gasteiger partial charge in [-0.1, -0.05) is 6.07 Å². The van der Waals surface area contributed by atoms with Gasteiger partial charge in [-0.25, -0.2) is 13.1 Å². The Morgan fingerprint density at radius 2 is 2.10 bits per heavy atom. The second-order valence-corrected chi connectivity index (χ2v) is 7.09. The van der Waals surface area contributed by atoms with E-state index >= 15 is 0 Å². The zero-order valence-electron chi connectivity index (χ0n) is 11.9. The molecule has 0 aliphatic heterocycles. The lowest BCUT2D eigenvalue weighted by Gasteiger charge is -2.16. The van der Waals surface area contributed by atoms with E-state index in [9.17, 15) is 8.42 Å². The third-order valence-electron chi connectivity index (χ3n) is 2.73. The van der Waals surface area contributed by atoms with E-state index in [0.29, 0.717) is 24.2 Å². The van der Waals surface area contributed by atoms with Crippen molar-refractivity contribution in [1.82, 2.24) is 4.72 Å². The Balaban J connectivity index is 3.06. The van der Waals surface area contributed by atoms with Crippen LogP contribution in [0.1, 0.15) is 25.0 Å². The predicted molar refractivity (Wildman–Crippen MR) is 83.0 cm³/mol. The molecule has 0 fully saturated rings. The van der Waals surface area contributed by atoms with Crippen LogP contribution in [-0.4, -0.2) is 27.7 Å². The molecule has 1 aromatic rings. The van der Waals surface area contributed by atoms with Gasteiger partial charge in [0.15, 0.2) is 0 Å². The van der Waals surface area contributed by atoms with Gasteiger partial charge in [-0.3, -0.25) is 0 Å². The predicted octanol–water partition coefficient (Wildman–Crippen LogP) is 1.92. The lowest BCUT2D eigenvalue weighted by atomic mass is 10.1. The largest absolute Gasteiger partial charge is 0.380 e. The third kappa shape index (κ3) is 4.53. The monoisotopic (exact) mass is 364 g/mol. The summed E-state index contributed by atoms with van der Waals surface area (Å²) >= 11 is 3.33. The Bertz CT molecular complexity index is 561. The summed E-state index contributed by atoms with van der Waals surface area (Å²) in [6.07, 6.45) is 0. The van der Waals surface area contributed by atoms with Crippen molar-refractivity contribution in [2.45, 2.75) is 38.3 Å². The van der Waals surface area contributed by atoms with Crippen molar-refractivity contribution >= 4 is 26.0 Å². The van der Waals surface area contributed by atoms with Crippen molar-refractivity contribution in [3.63, 3.8) is 0 Å². The van der Waals surface area contributed by atoms with Gasteiger partial charge in [-0.05, 0) is 53.9 Å². The maximum atomic E-state index is 12.4. The van der Waals surface area contributed by atoms with Crippen LogP contribution in [0, 0.1) is 6.92 Å². The first-order valence-corrected chi connectivity index (χ1v) is 8.68. The van der Waals surface area contributed by atoms with Gasteiger partial charge in [0.25, 0.3) is 0 Å². The Kier molecular flexibility index (Phi) is 6.60. The molecule has 0 saturated heterocycles. The van der Waals surface area contributed by atoms with Crippen LogP contribution in [0.2, 0.25) is 0 Å². The van der Waals surface area contributed by atoms with E-state index in [1.165, 1.54) is 0 Å². The van der Waals surface area contributed by atoms with Gasteiger partial charge in [-0.2, -0.15) is 0 Å². The zero-order chi connectivity index (χ0) is 15.3. The third-order valence-corrected chi connectivity index (χ3v) is 5.66. The maximum absolute atomic E-state index is 12.4. The number of hydrogen-bond acceptors (Lipinski definition) is 4. The number of rotatable bonds is 7. The highest BCUT2D eigenvalue weighted by Crippen LogP contribution is 2.27. The molecule has 0 spiro atoms. The van der Waals surface area contributed by atoms with Crippen molar-refractivity contribution in [3.05, 3.63) is 27.7 Å². The van der Waals surface area contributed by atoms with Crippen molar-refractivity contribution in [1.29, 1.82) is 0 Å². The van der Waals surface area contributed by atoms with Crippen LogP contribution in [0.25, 0.3) is 0 Å². The second-order valence-electron chi connectivity index (χ2n) is 4.61. The fourth-order valence-corrected chi connectivity index (χ4v) is 4.08. The average Bonchev–Trinajstić information content (AvgIpc) is 2.38. The minimum absolute atomic E-state index is 0.210. The average molecular weight is 365 g/mol. The summed E-state index contributed by atoms with van der Waals surface area (Å²) in [5, 5.41) is 0. The van der Waals surface area contributed by atoms with Crippen LogP contribution in [0.5, 0.6) is 0 Å². The SMILES string of the molecule is CCOCC(C)NS(=O)(=O)c1cc(CN)cc(C)c1Br. The quantitative estimate of drug-likeness (QED) is 0.774. The Morgan fingerprint density at radius 1 is 1.45 bits per heavy atom. The number of ether oxygens (including phenoxy) is 1. The molecule has 0 heterocycles. The van der Waals surface area contributed by atoms with E-state index in [4.69, 9.17) is 10.5 Å². The van der Waals surface area contributed by atoms with Crippen molar-refractivity contribution < 1.29 is 13.2 Å². The van der Waals surface area contributed by atoms with E-state index in [2.05, 4.69) is 20.7 Å². The maximum Gasteiger partial charge on any atom is 0.242 e. The van der Waals surface area contributed by atoms with Gasteiger partial charge in [0, 0.05) is 23.7 Å². The lowest BCUT2D eigenvalue weighted by molar-refractivity contribution is 0.133. The highest BCUT2D eigenvalue weighted by atomic mass is 79.9. The molecule has 1 aromatic carbocycles. The van der Waals surface area contributed by atoms with Crippen LogP contribution >= 0.6 is 15.9 Å². The first-order chi connectivity index (χ1) is 9.31. The zero-order valence-corrected chi connectivity index (χ0v) is 14.3. The van der Waals surface area contributed by atoms with E-state index < -0.39 is 10.0 Å². The number of hydrogen-bond donors (Lipinski definition) is 2. The van der Waals surface area contributed by atoms with E-state index in [1.54, 1.807) is 13.0 Å². The number of nitrogens with one attached hydrogen (secondary N) is 1. The van der Waals surface area contributed by atoms with Crippen molar-refractivity contribution in [2.75, 3.05) is 13.2 Å². The van der Waals surface area contributed by atoms with Gasteiger partial charge >= 0.3 is 0 Å². The van der Waals surface area contributed by atoms with Crippen LogP contribution in [0.15, 0.2) is 21.5 Å². The molecule has 0 saturated carbocycles. The summed E-state index contributed by atoms with van der Waals surface area (Å²) in [5.41, 5.74) is 7.22. The molecule has 114 valence electrons. The van der Waals surface area contributed by atoms with Crippen LogP contribution < -0.4 is 10.5 Å². The second kappa shape index (κ2) is 7.51. The molecular weight excluding hydrogens is 344 g/mol. The first-order valence-electron chi connectivity index (χ1n) is 6.41. The molecule has 20 heavy (non-hydrogen) atoms. The number of nitrogens with two attached hydrogens (primary N) is 1. The lowest BCUT2D eigenvalue weighted by Crippen LogP contribution is -2.36. The summed E-state index contributed by atoms with van der Waals surface area (Å²) in [6.45, 7) is 6.66. The molecule has 1 unspecified atom stereocenters. The van der Waals surface area contributed by atoms with E-state index in [1.807, 2.05) is 19.9 Å². The normalized spacial score (nSPS) is 13.4. The molecule has 0 amide bonds. The molecule has 0 bridgehead atoms. The number of benzene rings is 1. The summed E-state index contributed by atoms with van der Waals surface area (Å²) in [6, 6.07) is 3.16. The van der Waals surface area contributed by atoms with E-state index in [-0.39, 0.29) is 10.9 Å². The molecule has 0 aromatic heterocycles. The van der Waals surface area contributed by atoms with Crippen molar-refractivity contribution in [2.24, 2.45) is 5.73 Å². The molecule has 1 rings (SSSR count). The Morgan fingerprint density at radius 3 is 2.65 bits per heavy atom. The Hall–Kier alpha value is -0.470. The summed E-state index contributed by atoms with van der Waals surface area (Å²) in [7, 11) is -3.61. The topological polar surface area (TPSA) is 81.4 Å². The van der Waals surface area contributed by atoms with Gasteiger partial charge in [0.1, 0.15) is 0 Å². The molecule has 0 radical (unpaired) electrons. The number of aryl methyl sites for hydroxylation is 1. The molecule has 3 N–H and O–H groups in total. The van der Waals surface area contributed by atoms with Gasteiger partial charge in [0.05, 0.1) is 11.5 Å². The minimum Gasteiger partial charge on any atom is -0.380 e. The van der Waals surface area contributed by atoms with Crippen molar-refractivity contribution in [3.8, 4) is 0 Å². The highest BCUT2D eigenvalue weighted by molar-refractivity contribution is 9.10. The van der Waals surface area contributed by atoms with E-state index in [0.717, 1.165) is 11.1 Å². The summed E-state index contributed by atoms with van der Waals surface area (Å²) in [5.74, 6) is 0. The minimum atomic E-state index is -3.61. The molecule has 0 aliphatic rings. The first kappa shape index (κ1) is 17.6. The van der Waals surface area contributed by atoms with Gasteiger partial charge < -0.3 is 10.5 Å². The molecule has 1 atom stereocenters. The highest BCUT2D eigenvalue weighted by Gasteiger charge is 2.22. The smallest absolute Gasteiger partial charge is 0.242 e. The molecule has 7 heteroatoms. The van der Waals surface area contributed by atoms with Crippen LogP contribution in [0.4, 0.5) is 0 Å². The summed E-state index contributed by atoms with van der Waals surface area (Å²) in [4.78, 5) is 0.210. The molecular formula is C13H21BrN2O3S. The standard InChI is InChI=1S/C13H21BrN2O3S/c1-4-19-8-10(3)16-20(17,18)12-6-11(7-15)5-9(2)13(12)14/h5-6,10,16H,4,7-8,15H2,1-3H3. The van der Waals surface area contributed by atoms with Crippen LogP contribution in [0.3, 0.4) is 0 Å². The molecule has 5 nitrogen and oxygen atoms in total. The summed E-state index contributed by atoms with van der Waals surface area (Å²) < 4.78 is 33.2. The Labute approximate surface area is 129 Å². The number of halogens is 1.